The number of unbranched alkanes of at least 4 members (excludes halogenated alkanes) is 31. The number of esters is 1. The van der Waals surface area contributed by atoms with Crippen LogP contribution in [0.5, 0.6) is 0 Å². The summed E-state index contributed by atoms with van der Waals surface area (Å²) in [7, 11) is 0. The summed E-state index contributed by atoms with van der Waals surface area (Å²) < 4.78 is 22.9. The highest BCUT2D eigenvalue weighted by atomic mass is 16.7. The van der Waals surface area contributed by atoms with Crippen molar-refractivity contribution in [3.63, 3.8) is 0 Å². The molecule has 0 aromatic carbocycles. The standard InChI is InChI=1S/C53H100O9/c1-3-5-7-9-11-13-15-17-19-20-21-22-23-24-25-26-27-28-30-32-34-36-38-40-42-49(55)61-47(46-60-53-52(58)51(57)50(56)48(44-54)62-53)45-59-43-41-39-37-35-33-31-29-18-16-14-12-10-8-6-4-2/h10,12,16,18,47-48,50-54,56-58H,3-9,11,13-15,17,19-46H2,1-2H3/b12-10-,18-16-. The number of allylic oxidation sites excluding steroid dienone is 4. The van der Waals surface area contributed by atoms with Crippen LogP contribution in [0.4, 0.5) is 0 Å². The Morgan fingerprint density at radius 3 is 1.44 bits per heavy atom. The Hall–Kier alpha value is -1.33. The molecule has 62 heavy (non-hydrogen) atoms. The summed E-state index contributed by atoms with van der Waals surface area (Å²) in [6.07, 6.45) is 46.5. The molecular formula is C53H100O9. The average molecular weight is 881 g/mol. The van der Waals surface area contributed by atoms with Crippen molar-refractivity contribution in [2.24, 2.45) is 0 Å². The average Bonchev–Trinajstić information content (AvgIpc) is 3.27. The predicted octanol–water partition coefficient (Wildman–Crippen LogP) is 12.9. The van der Waals surface area contributed by atoms with E-state index < -0.39 is 43.4 Å². The van der Waals surface area contributed by atoms with Crippen molar-refractivity contribution in [1.82, 2.24) is 0 Å². The molecule has 0 radical (unpaired) electrons. The van der Waals surface area contributed by atoms with E-state index in [4.69, 9.17) is 18.9 Å². The van der Waals surface area contributed by atoms with Gasteiger partial charge in [0, 0.05) is 13.0 Å². The van der Waals surface area contributed by atoms with Gasteiger partial charge in [0.15, 0.2) is 6.29 Å². The third kappa shape index (κ3) is 35.0. The fourth-order valence-electron chi connectivity index (χ4n) is 8.22. The molecule has 366 valence electrons. The Bertz CT molecular complexity index is 1000. The molecule has 1 saturated heterocycles. The number of hydrogen-bond donors (Lipinski definition) is 4. The minimum Gasteiger partial charge on any atom is -0.457 e. The molecule has 4 N–H and O–H groups in total. The number of ether oxygens (including phenoxy) is 4. The Balaban J connectivity index is 2.16. The zero-order valence-corrected chi connectivity index (χ0v) is 40.4. The first-order valence-corrected chi connectivity index (χ1v) is 26.4. The van der Waals surface area contributed by atoms with E-state index in [0.717, 1.165) is 51.4 Å². The van der Waals surface area contributed by atoms with Gasteiger partial charge in [-0.15, -0.1) is 0 Å². The van der Waals surface area contributed by atoms with Gasteiger partial charge in [-0.2, -0.15) is 0 Å². The normalized spacial score (nSPS) is 19.9. The zero-order valence-electron chi connectivity index (χ0n) is 40.4. The zero-order chi connectivity index (χ0) is 45.0. The van der Waals surface area contributed by atoms with E-state index in [1.54, 1.807) is 0 Å². The second-order valence-electron chi connectivity index (χ2n) is 18.3. The van der Waals surface area contributed by atoms with Crippen molar-refractivity contribution >= 4 is 5.97 Å². The summed E-state index contributed by atoms with van der Waals surface area (Å²) in [5, 5.41) is 40.2. The van der Waals surface area contributed by atoms with Crippen LogP contribution in [0.1, 0.15) is 245 Å². The lowest BCUT2D eigenvalue weighted by atomic mass is 9.99. The molecule has 0 aromatic heterocycles. The second-order valence-corrected chi connectivity index (χ2v) is 18.3. The topological polar surface area (TPSA) is 135 Å². The third-order valence-corrected chi connectivity index (χ3v) is 12.4. The highest BCUT2D eigenvalue weighted by Crippen LogP contribution is 2.23. The first kappa shape index (κ1) is 58.7. The fraction of sp³-hybridized carbons (Fsp3) is 0.906. The molecule has 6 atom stereocenters. The van der Waals surface area contributed by atoms with E-state index in [9.17, 15) is 25.2 Å². The molecule has 9 heteroatoms. The monoisotopic (exact) mass is 881 g/mol. The number of carbonyl (C=O) groups is 1. The van der Waals surface area contributed by atoms with Gasteiger partial charge in [0.2, 0.25) is 0 Å². The van der Waals surface area contributed by atoms with Crippen molar-refractivity contribution in [2.45, 2.75) is 282 Å². The summed E-state index contributed by atoms with van der Waals surface area (Å²) in [5.74, 6) is -0.312. The van der Waals surface area contributed by atoms with E-state index in [1.165, 1.54) is 173 Å². The molecule has 0 spiro atoms. The highest BCUT2D eigenvalue weighted by Gasteiger charge is 2.44. The number of aliphatic hydroxyl groups excluding tert-OH is 4. The van der Waals surface area contributed by atoms with Gasteiger partial charge in [0.05, 0.1) is 19.8 Å². The summed E-state index contributed by atoms with van der Waals surface area (Å²) in [4.78, 5) is 12.8. The summed E-state index contributed by atoms with van der Waals surface area (Å²) in [6.45, 7) is 4.54. The molecule has 9 nitrogen and oxygen atoms in total. The van der Waals surface area contributed by atoms with E-state index in [-0.39, 0.29) is 19.2 Å². The molecule has 1 heterocycles. The van der Waals surface area contributed by atoms with E-state index in [2.05, 4.69) is 38.2 Å². The molecular weight excluding hydrogens is 781 g/mol. The van der Waals surface area contributed by atoms with Gasteiger partial charge in [0.25, 0.3) is 0 Å². The van der Waals surface area contributed by atoms with Gasteiger partial charge in [-0.05, 0) is 38.5 Å². The molecule has 0 aromatic rings. The lowest BCUT2D eigenvalue weighted by Crippen LogP contribution is -2.59. The van der Waals surface area contributed by atoms with Gasteiger partial charge in [-0.25, -0.2) is 0 Å². The third-order valence-electron chi connectivity index (χ3n) is 12.4. The number of hydrogen-bond acceptors (Lipinski definition) is 9. The minimum absolute atomic E-state index is 0.114. The molecule has 0 amide bonds. The van der Waals surface area contributed by atoms with Crippen molar-refractivity contribution in [2.75, 3.05) is 26.4 Å². The first-order chi connectivity index (χ1) is 30.4. The van der Waals surface area contributed by atoms with Gasteiger partial charge < -0.3 is 39.4 Å². The maximum atomic E-state index is 12.8. The SMILES string of the molecule is CCCC/C=C\C/C=C\CCCCCCCCOCC(COC1OC(CO)C(O)C(O)C1O)OC(=O)CCCCCCCCCCCCCCCCCCCCCCCCCC. The Labute approximate surface area is 381 Å². The van der Waals surface area contributed by atoms with Crippen LogP contribution in [0, 0.1) is 0 Å². The van der Waals surface area contributed by atoms with Gasteiger partial charge in [-0.1, -0.05) is 224 Å². The van der Waals surface area contributed by atoms with Crippen molar-refractivity contribution in [3.8, 4) is 0 Å². The van der Waals surface area contributed by atoms with Gasteiger partial charge in [0.1, 0.15) is 30.5 Å². The molecule has 0 saturated carbocycles. The predicted molar refractivity (Wildman–Crippen MR) is 256 cm³/mol. The first-order valence-electron chi connectivity index (χ1n) is 26.4. The second kappa shape index (κ2) is 44.9. The fourth-order valence-corrected chi connectivity index (χ4v) is 8.22. The minimum atomic E-state index is -1.54. The van der Waals surface area contributed by atoms with Crippen LogP contribution < -0.4 is 0 Å². The Morgan fingerprint density at radius 1 is 0.516 bits per heavy atom. The van der Waals surface area contributed by atoms with Crippen LogP contribution in [0.15, 0.2) is 24.3 Å². The lowest BCUT2D eigenvalue weighted by molar-refractivity contribution is -0.305. The quantitative estimate of drug-likeness (QED) is 0.0268. The van der Waals surface area contributed by atoms with Crippen LogP contribution in [-0.4, -0.2) is 89.6 Å². The summed E-state index contributed by atoms with van der Waals surface area (Å²) in [6, 6.07) is 0. The summed E-state index contributed by atoms with van der Waals surface area (Å²) >= 11 is 0. The summed E-state index contributed by atoms with van der Waals surface area (Å²) in [5.41, 5.74) is 0. The maximum absolute atomic E-state index is 12.8. The number of rotatable bonds is 46. The molecule has 1 fully saturated rings. The lowest BCUT2D eigenvalue weighted by Gasteiger charge is -2.39. The number of aliphatic hydroxyl groups is 4. The van der Waals surface area contributed by atoms with E-state index in [1.807, 2.05) is 0 Å². The smallest absolute Gasteiger partial charge is 0.306 e. The molecule has 1 aliphatic rings. The van der Waals surface area contributed by atoms with Crippen molar-refractivity contribution in [1.29, 1.82) is 0 Å². The molecule has 1 aliphatic heterocycles. The van der Waals surface area contributed by atoms with E-state index in [0.29, 0.717) is 13.0 Å². The van der Waals surface area contributed by atoms with Crippen LogP contribution in [-0.2, 0) is 23.7 Å². The van der Waals surface area contributed by atoms with Crippen LogP contribution in [0.25, 0.3) is 0 Å². The number of carbonyl (C=O) groups excluding carboxylic acids is 1. The molecule has 1 rings (SSSR count). The van der Waals surface area contributed by atoms with Gasteiger partial charge >= 0.3 is 5.97 Å². The van der Waals surface area contributed by atoms with Crippen molar-refractivity contribution in [3.05, 3.63) is 24.3 Å². The molecule has 0 bridgehead atoms. The largest absolute Gasteiger partial charge is 0.457 e. The van der Waals surface area contributed by atoms with Crippen LogP contribution >= 0.6 is 0 Å². The Kier molecular flexibility index (Phi) is 42.5. The van der Waals surface area contributed by atoms with E-state index >= 15 is 0 Å². The maximum Gasteiger partial charge on any atom is 0.306 e. The van der Waals surface area contributed by atoms with Crippen LogP contribution in [0.3, 0.4) is 0 Å². The molecule has 6 unspecified atom stereocenters. The highest BCUT2D eigenvalue weighted by molar-refractivity contribution is 5.69. The van der Waals surface area contributed by atoms with Crippen molar-refractivity contribution < 1.29 is 44.2 Å². The van der Waals surface area contributed by atoms with Crippen LogP contribution in [0.2, 0.25) is 0 Å². The van der Waals surface area contributed by atoms with Gasteiger partial charge in [-0.3, -0.25) is 4.79 Å². The molecule has 0 aliphatic carbocycles. The Morgan fingerprint density at radius 2 is 0.952 bits per heavy atom.